The first kappa shape index (κ1) is 13.5. The Hall–Kier alpha value is -0.920. The van der Waals surface area contributed by atoms with Crippen LogP contribution in [0, 0.1) is 12.8 Å². The van der Waals surface area contributed by atoms with E-state index in [1.807, 2.05) is 6.92 Å². The molecule has 0 amide bonds. The maximum atomic E-state index is 4.35. The van der Waals surface area contributed by atoms with Crippen LogP contribution in [0.1, 0.15) is 75.6 Å². The average Bonchev–Trinajstić information content (AvgIpc) is 2.41. The van der Waals surface area contributed by atoms with Crippen LogP contribution in [-0.4, -0.2) is 10.2 Å². The van der Waals surface area contributed by atoms with Gasteiger partial charge in [-0.1, -0.05) is 32.6 Å². The summed E-state index contributed by atoms with van der Waals surface area (Å²) in [5.74, 6) is 1.65. The van der Waals surface area contributed by atoms with Crippen molar-refractivity contribution in [1.29, 1.82) is 0 Å². The fourth-order valence-electron chi connectivity index (χ4n) is 3.06. The van der Waals surface area contributed by atoms with Crippen LogP contribution in [0.4, 0.5) is 0 Å². The Balaban J connectivity index is 1.77. The molecule has 0 spiro atoms. The molecule has 0 radical (unpaired) electrons. The van der Waals surface area contributed by atoms with Crippen LogP contribution in [0.2, 0.25) is 0 Å². The molecule has 0 saturated heterocycles. The van der Waals surface area contributed by atoms with Gasteiger partial charge in [-0.25, -0.2) is 0 Å². The third-order valence-corrected chi connectivity index (χ3v) is 4.30. The summed E-state index contributed by atoms with van der Waals surface area (Å²) in [6.45, 7) is 4.29. The van der Waals surface area contributed by atoms with E-state index in [1.165, 1.54) is 57.1 Å². The number of hydrogen-bond acceptors (Lipinski definition) is 2. The van der Waals surface area contributed by atoms with E-state index in [-0.39, 0.29) is 0 Å². The monoisotopic (exact) mass is 246 g/mol. The molecule has 2 heteroatoms. The molecule has 2 nitrogen and oxygen atoms in total. The van der Waals surface area contributed by atoms with Gasteiger partial charge in [0.1, 0.15) is 0 Å². The van der Waals surface area contributed by atoms with Gasteiger partial charge in [0.2, 0.25) is 0 Å². The summed E-state index contributed by atoms with van der Waals surface area (Å²) in [4.78, 5) is 0. The molecule has 1 saturated carbocycles. The van der Waals surface area contributed by atoms with Crippen molar-refractivity contribution in [3.05, 3.63) is 23.5 Å². The Labute approximate surface area is 111 Å². The van der Waals surface area contributed by atoms with E-state index in [0.717, 1.165) is 11.6 Å². The van der Waals surface area contributed by atoms with Gasteiger partial charge in [-0.05, 0) is 50.7 Å². The lowest BCUT2D eigenvalue weighted by atomic mass is 9.78. The topological polar surface area (TPSA) is 25.8 Å². The highest BCUT2D eigenvalue weighted by molar-refractivity contribution is 5.10. The van der Waals surface area contributed by atoms with Crippen molar-refractivity contribution >= 4 is 0 Å². The molecule has 1 aromatic heterocycles. The van der Waals surface area contributed by atoms with Crippen LogP contribution < -0.4 is 0 Å². The summed E-state index contributed by atoms with van der Waals surface area (Å²) >= 11 is 0. The number of rotatable bonds is 5. The maximum absolute atomic E-state index is 4.35. The Morgan fingerprint density at radius 3 is 2.44 bits per heavy atom. The third kappa shape index (κ3) is 3.79. The van der Waals surface area contributed by atoms with Crippen LogP contribution >= 0.6 is 0 Å². The zero-order valence-corrected chi connectivity index (χ0v) is 11.9. The minimum absolute atomic E-state index is 0.667. The van der Waals surface area contributed by atoms with E-state index in [4.69, 9.17) is 0 Å². The SMILES string of the molecule is CCCCC[C@H]1CC[C@H](c2ccc(C)nn2)CC1. The zero-order valence-electron chi connectivity index (χ0n) is 11.9. The summed E-state index contributed by atoms with van der Waals surface area (Å²) in [5.41, 5.74) is 2.24. The van der Waals surface area contributed by atoms with Crippen molar-refractivity contribution in [3.8, 4) is 0 Å². The number of aryl methyl sites for hydroxylation is 1. The average molecular weight is 246 g/mol. The van der Waals surface area contributed by atoms with Gasteiger partial charge in [0.05, 0.1) is 11.4 Å². The van der Waals surface area contributed by atoms with Gasteiger partial charge in [0.15, 0.2) is 0 Å². The molecular formula is C16H26N2. The molecule has 100 valence electrons. The fourth-order valence-corrected chi connectivity index (χ4v) is 3.06. The normalized spacial score (nSPS) is 24.1. The highest BCUT2D eigenvalue weighted by atomic mass is 15.1. The van der Waals surface area contributed by atoms with Crippen molar-refractivity contribution in [2.45, 2.75) is 71.1 Å². The molecule has 1 aliphatic rings. The van der Waals surface area contributed by atoms with Gasteiger partial charge >= 0.3 is 0 Å². The smallest absolute Gasteiger partial charge is 0.0662 e. The molecule has 0 aromatic carbocycles. The second-order valence-corrected chi connectivity index (χ2v) is 5.81. The predicted molar refractivity (Wildman–Crippen MR) is 75.6 cm³/mol. The van der Waals surface area contributed by atoms with E-state index < -0.39 is 0 Å². The molecule has 0 unspecified atom stereocenters. The lowest BCUT2D eigenvalue weighted by Gasteiger charge is -2.27. The molecule has 0 N–H and O–H groups in total. The highest BCUT2D eigenvalue weighted by Crippen LogP contribution is 2.36. The van der Waals surface area contributed by atoms with Gasteiger partial charge in [0, 0.05) is 5.92 Å². The first-order chi connectivity index (χ1) is 8.79. The van der Waals surface area contributed by atoms with E-state index in [9.17, 15) is 0 Å². The van der Waals surface area contributed by atoms with Crippen molar-refractivity contribution in [1.82, 2.24) is 10.2 Å². The number of hydrogen-bond donors (Lipinski definition) is 0. The van der Waals surface area contributed by atoms with E-state index in [1.54, 1.807) is 0 Å². The molecule has 1 aromatic rings. The van der Waals surface area contributed by atoms with E-state index >= 15 is 0 Å². The molecule has 0 atom stereocenters. The van der Waals surface area contributed by atoms with Gasteiger partial charge in [-0.15, -0.1) is 0 Å². The number of nitrogens with zero attached hydrogens (tertiary/aromatic N) is 2. The summed E-state index contributed by atoms with van der Waals surface area (Å²) in [7, 11) is 0. The molecule has 0 bridgehead atoms. The zero-order chi connectivity index (χ0) is 12.8. The fraction of sp³-hybridized carbons (Fsp3) is 0.750. The quantitative estimate of drug-likeness (QED) is 0.707. The summed E-state index contributed by atoms with van der Waals surface area (Å²) < 4.78 is 0. The summed E-state index contributed by atoms with van der Waals surface area (Å²) in [6.07, 6.45) is 11.0. The summed E-state index contributed by atoms with van der Waals surface area (Å²) in [5, 5.41) is 8.54. The van der Waals surface area contributed by atoms with E-state index in [2.05, 4.69) is 29.3 Å². The van der Waals surface area contributed by atoms with Crippen LogP contribution in [0.15, 0.2) is 12.1 Å². The first-order valence-corrected chi connectivity index (χ1v) is 7.59. The standard InChI is InChI=1S/C16H26N2/c1-3-4-5-6-14-8-10-15(11-9-14)16-12-7-13(2)17-18-16/h7,12,14-15H,3-6,8-11H2,1-2H3/t14-,15-. The molecule has 2 rings (SSSR count). The molecular weight excluding hydrogens is 220 g/mol. The largest absolute Gasteiger partial charge is 0.156 e. The van der Waals surface area contributed by atoms with E-state index in [0.29, 0.717) is 5.92 Å². The Morgan fingerprint density at radius 1 is 1.06 bits per heavy atom. The number of unbranched alkanes of at least 4 members (excludes halogenated alkanes) is 2. The van der Waals surface area contributed by atoms with Crippen LogP contribution in [0.3, 0.4) is 0 Å². The molecule has 1 fully saturated rings. The Morgan fingerprint density at radius 2 is 1.83 bits per heavy atom. The molecule has 0 aliphatic heterocycles. The lowest BCUT2D eigenvalue weighted by Crippen LogP contribution is -2.14. The highest BCUT2D eigenvalue weighted by Gasteiger charge is 2.22. The van der Waals surface area contributed by atoms with Crippen LogP contribution in [0.5, 0.6) is 0 Å². The predicted octanol–water partition coefficient (Wildman–Crippen LogP) is 4.64. The molecule has 18 heavy (non-hydrogen) atoms. The van der Waals surface area contributed by atoms with Crippen LogP contribution in [-0.2, 0) is 0 Å². The van der Waals surface area contributed by atoms with Crippen molar-refractivity contribution in [2.75, 3.05) is 0 Å². The summed E-state index contributed by atoms with van der Waals surface area (Å²) in [6, 6.07) is 4.26. The molecule has 1 aliphatic carbocycles. The molecule has 1 heterocycles. The number of aromatic nitrogens is 2. The lowest BCUT2D eigenvalue weighted by molar-refractivity contribution is 0.299. The Kier molecular flexibility index (Phi) is 5.15. The Bertz CT molecular complexity index is 337. The van der Waals surface area contributed by atoms with Gasteiger partial charge in [-0.3, -0.25) is 0 Å². The second kappa shape index (κ2) is 6.86. The minimum atomic E-state index is 0.667. The van der Waals surface area contributed by atoms with Gasteiger partial charge < -0.3 is 0 Å². The first-order valence-electron chi connectivity index (χ1n) is 7.59. The van der Waals surface area contributed by atoms with Crippen molar-refractivity contribution in [2.24, 2.45) is 5.92 Å². The van der Waals surface area contributed by atoms with Crippen molar-refractivity contribution < 1.29 is 0 Å². The van der Waals surface area contributed by atoms with Crippen LogP contribution in [0.25, 0.3) is 0 Å². The van der Waals surface area contributed by atoms with Crippen molar-refractivity contribution in [3.63, 3.8) is 0 Å². The minimum Gasteiger partial charge on any atom is -0.156 e. The van der Waals surface area contributed by atoms with Gasteiger partial charge in [0.25, 0.3) is 0 Å². The maximum Gasteiger partial charge on any atom is 0.0662 e. The van der Waals surface area contributed by atoms with Gasteiger partial charge in [-0.2, -0.15) is 10.2 Å². The second-order valence-electron chi connectivity index (χ2n) is 5.81. The third-order valence-electron chi connectivity index (χ3n) is 4.30.